The van der Waals surface area contributed by atoms with Crippen molar-refractivity contribution < 1.29 is 14.4 Å². The van der Waals surface area contributed by atoms with Gasteiger partial charge in [-0.25, -0.2) is 0 Å². The zero-order valence-electron chi connectivity index (χ0n) is 16.4. The molecule has 0 aromatic heterocycles. The van der Waals surface area contributed by atoms with Crippen LogP contribution in [0.1, 0.15) is 38.3 Å². The Labute approximate surface area is 170 Å². The van der Waals surface area contributed by atoms with Crippen molar-refractivity contribution in [1.29, 1.82) is 5.26 Å². The number of thioether (sulfide) groups is 1. The minimum absolute atomic E-state index is 0.0808. The van der Waals surface area contributed by atoms with Crippen molar-refractivity contribution in [2.75, 3.05) is 5.88 Å². The summed E-state index contributed by atoms with van der Waals surface area (Å²) in [4.78, 5) is 39.2. The highest BCUT2D eigenvalue weighted by molar-refractivity contribution is 8.00. The quantitative estimate of drug-likeness (QED) is 0.711. The second-order valence-electron chi connectivity index (χ2n) is 7.19. The number of nitrogens with one attached hydrogen (secondary N) is 1. The summed E-state index contributed by atoms with van der Waals surface area (Å²) >= 11 is 1.52. The maximum Gasteiger partial charge on any atom is 0.247 e. The smallest absolute Gasteiger partial charge is 0.247 e. The van der Waals surface area contributed by atoms with Gasteiger partial charge in [-0.15, -0.1) is 11.8 Å². The molecule has 2 atom stereocenters. The molecule has 0 saturated carbocycles. The van der Waals surface area contributed by atoms with Crippen molar-refractivity contribution >= 4 is 29.4 Å². The molecule has 1 aromatic rings. The summed E-state index contributed by atoms with van der Waals surface area (Å²) in [5.74, 6) is -0.324. The summed E-state index contributed by atoms with van der Waals surface area (Å²) in [6.45, 7) is 9.09. The van der Waals surface area contributed by atoms with E-state index in [9.17, 15) is 14.4 Å². The summed E-state index contributed by atoms with van der Waals surface area (Å²) in [7, 11) is 0. The molecule has 0 unspecified atom stereocenters. The fraction of sp³-hybridized carbons (Fsp3) is 0.429. The van der Waals surface area contributed by atoms with Crippen LogP contribution in [-0.2, 0) is 20.8 Å². The van der Waals surface area contributed by atoms with Gasteiger partial charge in [0, 0.05) is 11.2 Å². The zero-order valence-corrected chi connectivity index (χ0v) is 17.2. The van der Waals surface area contributed by atoms with Crippen LogP contribution in [0.2, 0.25) is 0 Å². The van der Waals surface area contributed by atoms with Crippen molar-refractivity contribution in [2.45, 2.75) is 50.4 Å². The number of carbonyl (C=O) groups excluding carboxylic acids is 3. The zero-order chi connectivity index (χ0) is 20.9. The lowest BCUT2D eigenvalue weighted by Gasteiger charge is -2.31. The first-order chi connectivity index (χ1) is 13.2. The monoisotopic (exact) mass is 399 g/mol. The second-order valence-corrected chi connectivity index (χ2v) is 8.78. The molecule has 1 N–H and O–H groups in total. The van der Waals surface area contributed by atoms with Crippen LogP contribution in [0.3, 0.4) is 0 Å². The molecule has 0 bridgehead atoms. The lowest BCUT2D eigenvalue weighted by molar-refractivity contribution is -0.137. The van der Waals surface area contributed by atoms with Crippen LogP contribution in [0.4, 0.5) is 0 Å². The van der Waals surface area contributed by atoms with E-state index < -0.39 is 16.8 Å². The number of hydrogen-bond acceptors (Lipinski definition) is 5. The molecule has 0 aliphatic carbocycles. The molecular weight excluding hydrogens is 374 g/mol. The summed E-state index contributed by atoms with van der Waals surface area (Å²) in [5.41, 5.74) is 1.39. The van der Waals surface area contributed by atoms with E-state index >= 15 is 0 Å². The molecule has 1 heterocycles. The molecule has 1 aliphatic rings. The Morgan fingerprint density at radius 1 is 1.39 bits per heavy atom. The van der Waals surface area contributed by atoms with Crippen molar-refractivity contribution in [2.24, 2.45) is 0 Å². The maximum absolute atomic E-state index is 13.1. The van der Waals surface area contributed by atoms with Crippen LogP contribution in [0.25, 0.3) is 0 Å². The van der Waals surface area contributed by atoms with Gasteiger partial charge in [-0.1, -0.05) is 25.6 Å². The molecule has 148 valence electrons. The van der Waals surface area contributed by atoms with E-state index in [0.717, 1.165) is 5.56 Å². The third kappa shape index (κ3) is 4.82. The van der Waals surface area contributed by atoms with Crippen LogP contribution in [0.15, 0.2) is 36.9 Å². The van der Waals surface area contributed by atoms with Gasteiger partial charge in [-0.05, 0) is 44.0 Å². The van der Waals surface area contributed by atoms with E-state index in [-0.39, 0.29) is 17.6 Å². The molecule has 7 heteroatoms. The highest BCUT2D eigenvalue weighted by Gasteiger charge is 2.47. The molecule has 1 saturated heterocycles. The second kappa shape index (κ2) is 9.07. The van der Waals surface area contributed by atoms with E-state index in [1.165, 1.54) is 22.7 Å². The molecular formula is C21H25N3O3S. The van der Waals surface area contributed by atoms with Crippen molar-refractivity contribution in [3.05, 3.63) is 48.0 Å². The van der Waals surface area contributed by atoms with Gasteiger partial charge in [0.1, 0.15) is 6.04 Å². The Balaban J connectivity index is 2.21. The molecule has 6 nitrogen and oxygen atoms in total. The van der Waals surface area contributed by atoms with Crippen LogP contribution in [0, 0.1) is 11.3 Å². The van der Waals surface area contributed by atoms with Gasteiger partial charge in [-0.2, -0.15) is 5.26 Å². The summed E-state index contributed by atoms with van der Waals surface area (Å²) in [6, 6.07) is 7.62. The first-order valence-electron chi connectivity index (χ1n) is 9.12. The molecule has 2 rings (SSSR count). The number of benzene rings is 1. The third-order valence-corrected chi connectivity index (χ3v) is 6.20. The minimum Gasteiger partial charge on any atom is -0.344 e. The maximum atomic E-state index is 13.1. The van der Waals surface area contributed by atoms with Crippen molar-refractivity contribution in [3.8, 4) is 6.07 Å². The van der Waals surface area contributed by atoms with E-state index in [0.29, 0.717) is 24.3 Å². The minimum atomic E-state index is -0.687. The van der Waals surface area contributed by atoms with Gasteiger partial charge in [0.15, 0.2) is 5.78 Å². The van der Waals surface area contributed by atoms with Crippen LogP contribution in [-0.4, -0.2) is 45.2 Å². The first-order valence-corrected chi connectivity index (χ1v) is 10.1. The fourth-order valence-electron chi connectivity index (χ4n) is 3.22. The number of amides is 2. The van der Waals surface area contributed by atoms with E-state index in [1.54, 1.807) is 31.2 Å². The highest BCUT2D eigenvalue weighted by Crippen LogP contribution is 2.39. The van der Waals surface area contributed by atoms with Gasteiger partial charge in [0.05, 0.1) is 23.6 Å². The Bertz CT molecular complexity index is 811. The molecule has 1 aromatic carbocycles. The average molecular weight is 400 g/mol. The third-order valence-electron chi connectivity index (χ3n) is 4.83. The molecule has 0 spiro atoms. The lowest BCUT2D eigenvalue weighted by Crippen LogP contribution is -2.56. The van der Waals surface area contributed by atoms with Crippen molar-refractivity contribution in [3.63, 3.8) is 0 Å². The lowest BCUT2D eigenvalue weighted by atomic mass is 9.97. The Morgan fingerprint density at radius 2 is 2.04 bits per heavy atom. The molecule has 1 fully saturated rings. The largest absolute Gasteiger partial charge is 0.344 e. The van der Waals surface area contributed by atoms with E-state index in [2.05, 4.69) is 18.0 Å². The molecule has 2 amide bonds. The first kappa shape index (κ1) is 21.7. The summed E-state index contributed by atoms with van der Waals surface area (Å²) < 4.78 is -0.475. The van der Waals surface area contributed by atoms with Gasteiger partial charge in [0.25, 0.3) is 0 Å². The number of carbonyl (C=O) groups is 3. The van der Waals surface area contributed by atoms with Gasteiger partial charge < -0.3 is 10.2 Å². The van der Waals surface area contributed by atoms with Crippen molar-refractivity contribution in [1.82, 2.24) is 10.2 Å². The topological polar surface area (TPSA) is 90.3 Å². The molecule has 0 radical (unpaired) electrons. The number of hydrogen-bond donors (Lipinski definition) is 1. The number of nitrogens with zero attached hydrogens (tertiary/aromatic N) is 2. The highest BCUT2D eigenvalue weighted by atomic mass is 32.2. The summed E-state index contributed by atoms with van der Waals surface area (Å²) in [6.07, 6.45) is 1.83. The Kier molecular flexibility index (Phi) is 7.03. The Morgan fingerprint density at radius 3 is 2.57 bits per heavy atom. The predicted octanol–water partition coefficient (Wildman–Crippen LogP) is 2.43. The molecule has 28 heavy (non-hydrogen) atoms. The number of ketones is 1. The number of Topliss-reactive ketones (excluding diaryl/α,β-unsaturated/α-hetero) is 1. The SMILES string of the molecule is C=CC(=O)N1CSC(C)(C)[C@H]1C(=O)N[C@@H](Cc1ccc(C#N)cc1)C(=O)CC. The van der Waals surface area contributed by atoms with Crippen LogP contribution < -0.4 is 5.32 Å². The number of nitriles is 1. The average Bonchev–Trinajstić information content (AvgIpc) is 3.01. The number of rotatable bonds is 7. The standard InChI is InChI=1S/C21H25N3O3S/c1-5-17(25)16(11-14-7-9-15(12-22)10-8-14)23-20(27)19-21(3,4)28-13-24(19)18(26)6-2/h6-10,16,19H,2,5,11,13H2,1,3-4H3,(H,23,27)/t16-,19+/m0/s1. The fourth-order valence-corrected chi connectivity index (χ4v) is 4.36. The van der Waals surface area contributed by atoms with Gasteiger partial charge in [-0.3, -0.25) is 14.4 Å². The van der Waals surface area contributed by atoms with Gasteiger partial charge in [0.2, 0.25) is 11.8 Å². The van der Waals surface area contributed by atoms with E-state index in [4.69, 9.17) is 5.26 Å². The van der Waals surface area contributed by atoms with Gasteiger partial charge >= 0.3 is 0 Å². The van der Waals surface area contributed by atoms with E-state index in [1.807, 2.05) is 13.8 Å². The summed E-state index contributed by atoms with van der Waals surface area (Å²) in [5, 5.41) is 11.8. The molecule has 1 aliphatic heterocycles. The predicted molar refractivity (Wildman–Crippen MR) is 109 cm³/mol. The Hall–Kier alpha value is -2.59. The van der Waals surface area contributed by atoms with Crippen LogP contribution in [0.5, 0.6) is 0 Å². The van der Waals surface area contributed by atoms with Crippen LogP contribution >= 0.6 is 11.8 Å². The normalized spacial score (nSPS) is 18.8.